The molecule has 0 amide bonds. The van der Waals surface area contributed by atoms with Crippen LogP contribution in [0.2, 0.25) is 0 Å². The highest BCUT2D eigenvalue weighted by Gasteiger charge is 2.36. The molecule has 1 aromatic carbocycles. The van der Waals surface area contributed by atoms with Crippen molar-refractivity contribution in [2.24, 2.45) is 5.92 Å². The van der Waals surface area contributed by atoms with E-state index in [1.165, 1.54) is 22.5 Å². The lowest BCUT2D eigenvalue weighted by Gasteiger charge is -2.34. The van der Waals surface area contributed by atoms with Crippen LogP contribution in [0.15, 0.2) is 23.1 Å². The number of aryl methyl sites for hydroxylation is 1. The summed E-state index contributed by atoms with van der Waals surface area (Å²) in [5.41, 5.74) is 0.426. The van der Waals surface area contributed by atoms with Crippen molar-refractivity contribution >= 4 is 10.0 Å². The molecule has 0 aromatic heterocycles. The Hall–Kier alpha value is -1.02. The number of sulfonamides is 1. The van der Waals surface area contributed by atoms with Gasteiger partial charge < -0.3 is 9.47 Å². The molecular formula is C15H20FNO4S. The molecule has 5 nitrogen and oxygen atoms in total. The summed E-state index contributed by atoms with van der Waals surface area (Å²) in [6.45, 7) is 3.59. The molecule has 0 N–H and O–H groups in total. The maximum absolute atomic E-state index is 13.2. The average molecular weight is 329 g/mol. The van der Waals surface area contributed by atoms with Gasteiger partial charge in [0.2, 0.25) is 10.0 Å². The van der Waals surface area contributed by atoms with E-state index in [0.717, 1.165) is 12.8 Å². The smallest absolute Gasteiger partial charge is 0.243 e. The third-order valence-electron chi connectivity index (χ3n) is 4.21. The molecule has 2 aliphatic heterocycles. The molecule has 2 heterocycles. The Morgan fingerprint density at radius 3 is 2.68 bits per heavy atom. The minimum absolute atomic E-state index is 0.0479. The van der Waals surface area contributed by atoms with Gasteiger partial charge in [-0.2, -0.15) is 4.31 Å². The first kappa shape index (κ1) is 15.9. The Labute approximate surface area is 130 Å². The number of nitrogens with zero attached hydrogens (tertiary/aromatic N) is 1. The SMILES string of the molecule is Cc1cc(F)ccc1S(=O)(=O)N1CCC[C@H](C2OCCO2)C1. The highest BCUT2D eigenvalue weighted by Crippen LogP contribution is 2.29. The van der Waals surface area contributed by atoms with Gasteiger partial charge in [-0.05, 0) is 43.5 Å². The second-order valence-corrected chi connectivity index (χ2v) is 7.69. The van der Waals surface area contributed by atoms with E-state index in [4.69, 9.17) is 9.47 Å². The van der Waals surface area contributed by atoms with Gasteiger partial charge in [-0.3, -0.25) is 0 Å². The number of piperidine rings is 1. The summed E-state index contributed by atoms with van der Waals surface area (Å²) < 4.78 is 51.3. The minimum Gasteiger partial charge on any atom is -0.350 e. The average Bonchev–Trinajstić information content (AvgIpc) is 3.01. The molecule has 0 bridgehead atoms. The third kappa shape index (κ3) is 3.03. The Bertz CT molecular complexity index is 643. The molecule has 1 aromatic rings. The van der Waals surface area contributed by atoms with E-state index in [1.807, 2.05) is 0 Å². The van der Waals surface area contributed by atoms with E-state index in [0.29, 0.717) is 31.9 Å². The first-order chi connectivity index (χ1) is 10.5. The Morgan fingerprint density at radius 1 is 1.27 bits per heavy atom. The molecule has 2 fully saturated rings. The second kappa shape index (κ2) is 6.23. The first-order valence-corrected chi connectivity index (χ1v) is 8.92. The van der Waals surface area contributed by atoms with Crippen LogP contribution in [0.4, 0.5) is 4.39 Å². The van der Waals surface area contributed by atoms with Crippen LogP contribution < -0.4 is 0 Å². The molecule has 0 radical (unpaired) electrons. The van der Waals surface area contributed by atoms with Crippen LogP contribution in [0.5, 0.6) is 0 Å². The van der Waals surface area contributed by atoms with E-state index in [-0.39, 0.29) is 17.1 Å². The van der Waals surface area contributed by atoms with Crippen LogP contribution in [0.3, 0.4) is 0 Å². The lowest BCUT2D eigenvalue weighted by atomic mass is 9.99. The van der Waals surface area contributed by atoms with Crippen LogP contribution in [-0.2, 0) is 19.5 Å². The minimum atomic E-state index is -3.62. The maximum Gasteiger partial charge on any atom is 0.243 e. The molecular weight excluding hydrogens is 309 g/mol. The lowest BCUT2D eigenvalue weighted by Crippen LogP contribution is -2.43. The highest BCUT2D eigenvalue weighted by atomic mass is 32.2. The quantitative estimate of drug-likeness (QED) is 0.850. The van der Waals surface area contributed by atoms with E-state index in [9.17, 15) is 12.8 Å². The second-order valence-electron chi connectivity index (χ2n) is 5.79. The van der Waals surface area contributed by atoms with Gasteiger partial charge in [-0.25, -0.2) is 12.8 Å². The zero-order chi connectivity index (χ0) is 15.7. The lowest BCUT2D eigenvalue weighted by molar-refractivity contribution is -0.0940. The molecule has 0 spiro atoms. The van der Waals surface area contributed by atoms with Gasteiger partial charge in [0.25, 0.3) is 0 Å². The molecule has 0 unspecified atom stereocenters. The fourth-order valence-electron chi connectivity index (χ4n) is 3.10. The summed E-state index contributed by atoms with van der Waals surface area (Å²) in [6, 6.07) is 3.77. The van der Waals surface area contributed by atoms with Crippen LogP contribution in [0.1, 0.15) is 18.4 Å². The van der Waals surface area contributed by atoms with Crippen molar-refractivity contribution in [2.45, 2.75) is 31.0 Å². The van der Waals surface area contributed by atoms with Crippen LogP contribution in [0.25, 0.3) is 0 Å². The van der Waals surface area contributed by atoms with E-state index in [2.05, 4.69) is 0 Å². The van der Waals surface area contributed by atoms with E-state index in [1.54, 1.807) is 6.92 Å². The van der Waals surface area contributed by atoms with Crippen LogP contribution in [0, 0.1) is 18.7 Å². The van der Waals surface area contributed by atoms with Crippen LogP contribution in [-0.4, -0.2) is 45.3 Å². The summed E-state index contributed by atoms with van der Waals surface area (Å²) in [6.07, 6.45) is 1.35. The van der Waals surface area contributed by atoms with Crippen molar-refractivity contribution in [1.29, 1.82) is 0 Å². The fourth-order valence-corrected chi connectivity index (χ4v) is 4.85. The Balaban J connectivity index is 1.82. The molecule has 2 aliphatic rings. The van der Waals surface area contributed by atoms with Crippen molar-refractivity contribution in [1.82, 2.24) is 4.31 Å². The summed E-state index contributed by atoms with van der Waals surface area (Å²) >= 11 is 0. The van der Waals surface area contributed by atoms with Gasteiger partial charge in [0, 0.05) is 19.0 Å². The molecule has 3 rings (SSSR count). The van der Waals surface area contributed by atoms with E-state index < -0.39 is 15.8 Å². The highest BCUT2D eigenvalue weighted by molar-refractivity contribution is 7.89. The normalized spacial score (nSPS) is 24.7. The maximum atomic E-state index is 13.2. The fraction of sp³-hybridized carbons (Fsp3) is 0.600. The van der Waals surface area contributed by atoms with Crippen molar-refractivity contribution in [3.63, 3.8) is 0 Å². The topological polar surface area (TPSA) is 55.8 Å². The summed E-state index contributed by atoms with van der Waals surface area (Å²) in [5.74, 6) is -0.382. The Morgan fingerprint density at radius 2 is 2.00 bits per heavy atom. The van der Waals surface area contributed by atoms with Gasteiger partial charge >= 0.3 is 0 Å². The van der Waals surface area contributed by atoms with Crippen molar-refractivity contribution in [3.05, 3.63) is 29.6 Å². The molecule has 1 atom stereocenters. The molecule has 7 heteroatoms. The summed E-state index contributed by atoms with van der Waals surface area (Å²) in [5, 5.41) is 0. The van der Waals surface area contributed by atoms with E-state index >= 15 is 0 Å². The molecule has 0 aliphatic carbocycles. The third-order valence-corrected chi connectivity index (χ3v) is 6.23. The zero-order valence-corrected chi connectivity index (χ0v) is 13.3. The van der Waals surface area contributed by atoms with Gasteiger partial charge in [-0.1, -0.05) is 0 Å². The van der Waals surface area contributed by atoms with Gasteiger partial charge in [-0.15, -0.1) is 0 Å². The zero-order valence-electron chi connectivity index (χ0n) is 12.5. The van der Waals surface area contributed by atoms with Gasteiger partial charge in [0.1, 0.15) is 5.82 Å². The number of hydrogen-bond acceptors (Lipinski definition) is 4. The summed E-state index contributed by atoms with van der Waals surface area (Å²) in [4.78, 5) is 0.169. The standard InChI is InChI=1S/C15H20FNO4S/c1-11-9-13(16)4-5-14(11)22(18,19)17-6-2-3-12(10-17)15-20-7-8-21-15/h4-5,9,12,15H,2-3,6-8,10H2,1H3/t12-/m0/s1. The van der Waals surface area contributed by atoms with Gasteiger partial charge in [0.15, 0.2) is 6.29 Å². The number of benzene rings is 1. The predicted molar refractivity (Wildman–Crippen MR) is 78.3 cm³/mol. The number of hydrogen-bond donors (Lipinski definition) is 0. The Kier molecular flexibility index (Phi) is 4.49. The van der Waals surface area contributed by atoms with Crippen molar-refractivity contribution < 1.29 is 22.3 Å². The molecule has 2 saturated heterocycles. The largest absolute Gasteiger partial charge is 0.350 e. The van der Waals surface area contributed by atoms with Crippen molar-refractivity contribution in [3.8, 4) is 0 Å². The van der Waals surface area contributed by atoms with Gasteiger partial charge in [0.05, 0.1) is 18.1 Å². The first-order valence-electron chi connectivity index (χ1n) is 7.48. The molecule has 22 heavy (non-hydrogen) atoms. The number of rotatable bonds is 3. The predicted octanol–water partition coefficient (Wildman–Crippen LogP) is 1.91. The monoisotopic (exact) mass is 329 g/mol. The number of ether oxygens (including phenoxy) is 2. The molecule has 0 saturated carbocycles. The molecule has 122 valence electrons. The van der Waals surface area contributed by atoms with Crippen LogP contribution >= 0.6 is 0 Å². The number of halogens is 1. The summed E-state index contributed by atoms with van der Waals surface area (Å²) in [7, 11) is -3.62. The van der Waals surface area contributed by atoms with Crippen molar-refractivity contribution in [2.75, 3.05) is 26.3 Å².